The van der Waals surface area contributed by atoms with Crippen molar-refractivity contribution in [3.63, 3.8) is 0 Å². The Morgan fingerprint density at radius 2 is 1.67 bits per heavy atom. The monoisotopic (exact) mass is 412 g/mol. The number of carbonyl (C=O) groups is 2. The van der Waals surface area contributed by atoms with Crippen molar-refractivity contribution in [3.05, 3.63) is 65.5 Å². The van der Waals surface area contributed by atoms with Gasteiger partial charge in [0, 0.05) is 43.7 Å². The van der Waals surface area contributed by atoms with Crippen LogP contribution in [0.25, 0.3) is 0 Å². The van der Waals surface area contributed by atoms with E-state index < -0.39 is 0 Å². The number of rotatable bonds is 7. The highest BCUT2D eigenvalue weighted by atomic mass is 19.1. The summed E-state index contributed by atoms with van der Waals surface area (Å²) in [5.74, 6) is 0.372. The molecule has 1 amide bonds. The van der Waals surface area contributed by atoms with Crippen LogP contribution in [0.4, 0.5) is 4.39 Å². The Balaban J connectivity index is 1.53. The average Bonchev–Trinajstić information content (AvgIpc) is 2.75. The minimum absolute atomic E-state index is 0.0317. The Bertz CT molecular complexity index is 867. The van der Waals surface area contributed by atoms with Gasteiger partial charge in [0.15, 0.2) is 12.4 Å². The summed E-state index contributed by atoms with van der Waals surface area (Å²) in [6.07, 6.45) is 0.460. The van der Waals surface area contributed by atoms with Gasteiger partial charge in [-0.15, -0.1) is 0 Å². The van der Waals surface area contributed by atoms with Crippen molar-refractivity contribution in [2.45, 2.75) is 45.8 Å². The Kier molecular flexibility index (Phi) is 7.21. The Labute approximate surface area is 177 Å². The van der Waals surface area contributed by atoms with Gasteiger partial charge in [-0.05, 0) is 55.8 Å². The van der Waals surface area contributed by atoms with Crippen LogP contribution in [0.15, 0.2) is 48.5 Å². The predicted molar refractivity (Wildman–Crippen MR) is 114 cm³/mol. The van der Waals surface area contributed by atoms with Crippen molar-refractivity contribution in [2.24, 2.45) is 0 Å². The van der Waals surface area contributed by atoms with E-state index in [4.69, 9.17) is 4.74 Å². The molecule has 1 fully saturated rings. The van der Waals surface area contributed by atoms with Gasteiger partial charge >= 0.3 is 0 Å². The Hall–Kier alpha value is -2.73. The molecule has 1 aliphatic rings. The van der Waals surface area contributed by atoms with Crippen LogP contribution in [-0.4, -0.2) is 53.3 Å². The van der Waals surface area contributed by atoms with E-state index in [1.807, 2.05) is 18.7 Å². The summed E-state index contributed by atoms with van der Waals surface area (Å²) < 4.78 is 18.8. The zero-order chi connectivity index (χ0) is 21.7. The molecule has 1 heterocycles. The quantitative estimate of drug-likeness (QED) is 0.647. The molecule has 0 saturated carbocycles. The zero-order valence-corrected chi connectivity index (χ0v) is 17.8. The van der Waals surface area contributed by atoms with Crippen LogP contribution in [-0.2, 0) is 11.3 Å². The number of piperazine rings is 1. The highest BCUT2D eigenvalue weighted by Crippen LogP contribution is 2.19. The molecule has 0 unspecified atom stereocenters. The number of amides is 1. The van der Waals surface area contributed by atoms with E-state index >= 15 is 0 Å². The first-order valence-electron chi connectivity index (χ1n) is 10.4. The number of Topliss-reactive ketones (excluding diaryl/α,β-unsaturated/α-hetero) is 1. The molecule has 0 bridgehead atoms. The second-order valence-electron chi connectivity index (χ2n) is 7.89. The van der Waals surface area contributed by atoms with Crippen molar-refractivity contribution in [1.82, 2.24) is 9.80 Å². The van der Waals surface area contributed by atoms with Gasteiger partial charge in [-0.1, -0.05) is 19.1 Å². The minimum Gasteiger partial charge on any atom is -0.484 e. The van der Waals surface area contributed by atoms with Gasteiger partial charge in [-0.2, -0.15) is 0 Å². The highest BCUT2D eigenvalue weighted by Gasteiger charge is 2.32. The number of hydrogen-bond acceptors (Lipinski definition) is 4. The molecule has 0 spiro atoms. The lowest BCUT2D eigenvalue weighted by molar-refractivity contribution is -0.139. The van der Waals surface area contributed by atoms with Gasteiger partial charge in [0.05, 0.1) is 0 Å². The minimum atomic E-state index is -0.234. The number of hydrogen-bond donors (Lipinski definition) is 0. The van der Waals surface area contributed by atoms with Crippen LogP contribution in [0.3, 0.4) is 0 Å². The Morgan fingerprint density at radius 1 is 1.00 bits per heavy atom. The van der Waals surface area contributed by atoms with Gasteiger partial charge < -0.3 is 9.64 Å². The van der Waals surface area contributed by atoms with Crippen LogP contribution < -0.4 is 4.74 Å². The second-order valence-corrected chi connectivity index (χ2v) is 7.89. The molecule has 2 aromatic rings. The van der Waals surface area contributed by atoms with E-state index in [0.29, 0.717) is 24.3 Å². The van der Waals surface area contributed by atoms with Gasteiger partial charge in [-0.3, -0.25) is 14.5 Å². The molecule has 0 N–H and O–H groups in total. The molecule has 1 aliphatic heterocycles. The molecular weight excluding hydrogens is 383 g/mol. The smallest absolute Gasteiger partial charge is 0.260 e. The largest absolute Gasteiger partial charge is 0.484 e. The summed E-state index contributed by atoms with van der Waals surface area (Å²) in [5.41, 5.74) is 1.71. The maximum Gasteiger partial charge on any atom is 0.260 e. The normalized spacial score (nSPS) is 19.5. The van der Waals surface area contributed by atoms with Crippen molar-refractivity contribution >= 4 is 11.7 Å². The van der Waals surface area contributed by atoms with Crippen LogP contribution >= 0.6 is 0 Å². The topological polar surface area (TPSA) is 49.9 Å². The van der Waals surface area contributed by atoms with E-state index in [1.165, 1.54) is 12.1 Å². The first kappa shape index (κ1) is 22.0. The predicted octanol–water partition coefficient (Wildman–Crippen LogP) is 3.92. The first-order valence-corrected chi connectivity index (χ1v) is 10.4. The maximum atomic E-state index is 13.1. The third kappa shape index (κ3) is 5.45. The SMILES string of the molecule is CCC(=O)c1ccc(OCC(=O)N2C[C@@H](C)N(Cc3ccc(F)cc3)C[C@@H]2C)cc1. The van der Waals surface area contributed by atoms with E-state index in [9.17, 15) is 14.0 Å². The van der Waals surface area contributed by atoms with Gasteiger partial charge in [-0.25, -0.2) is 4.39 Å². The molecule has 2 aromatic carbocycles. The molecule has 0 aromatic heterocycles. The number of halogens is 1. The van der Waals surface area contributed by atoms with E-state index in [-0.39, 0.29) is 36.2 Å². The van der Waals surface area contributed by atoms with Crippen LogP contribution in [0.5, 0.6) is 5.75 Å². The summed E-state index contributed by atoms with van der Waals surface area (Å²) >= 11 is 0. The van der Waals surface area contributed by atoms with Crippen molar-refractivity contribution in [1.29, 1.82) is 0 Å². The molecule has 2 atom stereocenters. The molecule has 3 rings (SSSR count). The molecule has 1 saturated heterocycles. The lowest BCUT2D eigenvalue weighted by Crippen LogP contribution is -2.58. The fourth-order valence-electron chi connectivity index (χ4n) is 3.76. The number of carbonyl (C=O) groups excluding carboxylic acids is 2. The number of ether oxygens (including phenoxy) is 1. The summed E-state index contributed by atoms with van der Waals surface area (Å²) in [4.78, 5) is 28.6. The molecule has 5 nitrogen and oxygen atoms in total. The fourth-order valence-corrected chi connectivity index (χ4v) is 3.76. The molecule has 0 radical (unpaired) electrons. The average molecular weight is 413 g/mol. The number of ketones is 1. The third-order valence-electron chi connectivity index (χ3n) is 5.59. The lowest BCUT2D eigenvalue weighted by atomic mass is 10.1. The zero-order valence-electron chi connectivity index (χ0n) is 17.8. The number of nitrogens with zero attached hydrogens (tertiary/aromatic N) is 2. The van der Waals surface area contributed by atoms with E-state index in [0.717, 1.165) is 18.7 Å². The summed E-state index contributed by atoms with van der Waals surface area (Å²) in [5, 5.41) is 0. The fraction of sp³-hybridized carbons (Fsp3) is 0.417. The van der Waals surface area contributed by atoms with Crippen molar-refractivity contribution < 1.29 is 18.7 Å². The summed E-state index contributed by atoms with van der Waals surface area (Å²) in [7, 11) is 0. The number of benzene rings is 2. The van der Waals surface area contributed by atoms with Crippen LogP contribution in [0.1, 0.15) is 43.1 Å². The van der Waals surface area contributed by atoms with Crippen molar-refractivity contribution in [3.8, 4) is 5.75 Å². The summed E-state index contributed by atoms with van der Waals surface area (Å²) in [6, 6.07) is 13.7. The van der Waals surface area contributed by atoms with Crippen LogP contribution in [0, 0.1) is 5.82 Å². The molecule has 160 valence electrons. The second kappa shape index (κ2) is 9.85. The molecule has 0 aliphatic carbocycles. The maximum absolute atomic E-state index is 13.1. The van der Waals surface area contributed by atoms with Crippen molar-refractivity contribution in [2.75, 3.05) is 19.7 Å². The van der Waals surface area contributed by atoms with Crippen LogP contribution in [0.2, 0.25) is 0 Å². The van der Waals surface area contributed by atoms with Gasteiger partial charge in [0.25, 0.3) is 5.91 Å². The lowest BCUT2D eigenvalue weighted by Gasteiger charge is -2.44. The molecule has 6 heteroatoms. The van der Waals surface area contributed by atoms with Gasteiger partial charge in [0.2, 0.25) is 0 Å². The van der Waals surface area contributed by atoms with Gasteiger partial charge in [0.1, 0.15) is 11.6 Å². The molecule has 30 heavy (non-hydrogen) atoms. The van der Waals surface area contributed by atoms with E-state index in [1.54, 1.807) is 36.4 Å². The summed E-state index contributed by atoms with van der Waals surface area (Å²) in [6.45, 7) is 8.02. The first-order chi connectivity index (χ1) is 14.4. The Morgan fingerprint density at radius 3 is 2.30 bits per heavy atom. The molecular formula is C24H29FN2O3. The third-order valence-corrected chi connectivity index (χ3v) is 5.59. The highest BCUT2D eigenvalue weighted by molar-refractivity contribution is 5.95. The standard InChI is InChI=1S/C24H29FN2O3/c1-4-23(28)20-7-11-22(12-8-20)30-16-24(29)27-14-17(2)26(13-18(27)3)15-19-5-9-21(25)10-6-19/h5-12,17-18H,4,13-16H2,1-3H3/t17-,18+/m1/s1. The van der Waals surface area contributed by atoms with E-state index in [2.05, 4.69) is 11.8 Å².